The third-order valence-electron chi connectivity index (χ3n) is 6.49. The molecule has 1 amide bonds. The van der Waals surface area contributed by atoms with Gasteiger partial charge in [0.25, 0.3) is 11.7 Å². The van der Waals surface area contributed by atoms with Crippen molar-refractivity contribution in [2.24, 2.45) is 11.7 Å². The molecule has 0 spiro atoms. The summed E-state index contributed by atoms with van der Waals surface area (Å²) in [5.74, 6) is -0.772. The summed E-state index contributed by atoms with van der Waals surface area (Å²) in [4.78, 5) is 42.0. The Kier molecular flexibility index (Phi) is 7.10. The van der Waals surface area contributed by atoms with Gasteiger partial charge < -0.3 is 14.6 Å². The molecule has 0 radical (unpaired) electrons. The second kappa shape index (κ2) is 10.4. The number of aromatic nitrogens is 1. The van der Waals surface area contributed by atoms with E-state index < -0.39 is 5.92 Å². The number of pyridine rings is 1. The third-order valence-corrected chi connectivity index (χ3v) is 6.49. The summed E-state index contributed by atoms with van der Waals surface area (Å²) in [5.41, 5.74) is 9.45. The van der Waals surface area contributed by atoms with E-state index in [1.165, 1.54) is 13.2 Å². The van der Waals surface area contributed by atoms with Gasteiger partial charge in [-0.2, -0.15) is 0 Å². The fraction of sp³-hybridized carbons (Fsp3) is 0.259. The SMILES string of the molecule is COC(=O)C(Cc1cccc(C(N)=[NH2+])c1)C1CCCN1C(=O)c1ccc(-c2ccc(=O)[nH]c2)cc1. The maximum absolute atomic E-state index is 13.5. The Morgan fingerprint density at radius 1 is 1.11 bits per heavy atom. The van der Waals surface area contributed by atoms with Gasteiger partial charge in [-0.25, -0.2) is 0 Å². The van der Waals surface area contributed by atoms with Gasteiger partial charge in [-0.3, -0.25) is 25.5 Å². The number of nitrogens with one attached hydrogen (secondary N) is 1. The zero-order valence-corrected chi connectivity index (χ0v) is 19.6. The van der Waals surface area contributed by atoms with Crippen LogP contribution < -0.4 is 16.7 Å². The standard InChI is InChI=1S/C27H28N4O4/c1-35-27(34)22(15-17-4-2-5-20(14-17)25(28)29)23-6-3-13-31(23)26(33)19-9-7-18(8-10-19)21-11-12-24(32)30-16-21/h2,4-5,7-12,14,16,22-23H,3,6,13,15H2,1H3,(H3,28,29)(H,30,32)/p+1. The molecule has 1 saturated heterocycles. The van der Waals surface area contributed by atoms with Crippen molar-refractivity contribution in [2.75, 3.05) is 13.7 Å². The number of carbonyl (C=O) groups excluding carboxylic acids is 2. The van der Waals surface area contributed by atoms with Gasteiger partial charge in [-0.15, -0.1) is 0 Å². The highest BCUT2D eigenvalue weighted by Gasteiger charge is 2.39. The maximum atomic E-state index is 13.5. The van der Waals surface area contributed by atoms with Gasteiger partial charge in [0.1, 0.15) is 0 Å². The van der Waals surface area contributed by atoms with Gasteiger partial charge in [0.05, 0.1) is 18.6 Å². The molecule has 3 aromatic rings. The number of esters is 1. The Bertz CT molecular complexity index is 1280. The average Bonchev–Trinajstić information content (AvgIpc) is 3.36. The quantitative estimate of drug-likeness (QED) is 0.269. The van der Waals surface area contributed by atoms with Crippen molar-refractivity contribution < 1.29 is 19.7 Å². The third kappa shape index (κ3) is 5.32. The predicted octanol–water partition coefficient (Wildman–Crippen LogP) is 1.14. The predicted molar refractivity (Wildman–Crippen MR) is 132 cm³/mol. The Morgan fingerprint density at radius 3 is 2.51 bits per heavy atom. The number of amidine groups is 1. The molecule has 1 aliphatic heterocycles. The number of H-pyrrole nitrogens is 1. The molecule has 2 aromatic carbocycles. The van der Waals surface area contributed by atoms with Crippen LogP contribution in [0.15, 0.2) is 71.7 Å². The van der Waals surface area contributed by atoms with Crippen molar-refractivity contribution in [3.8, 4) is 11.1 Å². The van der Waals surface area contributed by atoms with Crippen molar-refractivity contribution >= 4 is 17.7 Å². The number of aromatic amines is 1. The monoisotopic (exact) mass is 473 g/mol. The number of carbonyl (C=O) groups is 2. The summed E-state index contributed by atoms with van der Waals surface area (Å²) in [7, 11) is 1.37. The molecule has 0 saturated carbocycles. The van der Waals surface area contributed by atoms with Crippen LogP contribution in [0.1, 0.15) is 34.3 Å². The number of ether oxygens (including phenoxy) is 1. The normalized spacial score (nSPS) is 16.0. The Morgan fingerprint density at radius 2 is 1.86 bits per heavy atom. The van der Waals surface area contributed by atoms with E-state index in [0.29, 0.717) is 30.5 Å². The molecule has 8 heteroatoms. The van der Waals surface area contributed by atoms with Crippen molar-refractivity contribution in [3.05, 3.63) is 93.9 Å². The van der Waals surface area contributed by atoms with Crippen LogP contribution in [0.4, 0.5) is 0 Å². The minimum Gasteiger partial charge on any atom is -0.469 e. The van der Waals surface area contributed by atoms with Crippen LogP contribution in [0.3, 0.4) is 0 Å². The van der Waals surface area contributed by atoms with E-state index in [0.717, 1.165) is 23.1 Å². The zero-order chi connectivity index (χ0) is 24.9. The molecule has 2 atom stereocenters. The molecule has 1 aromatic heterocycles. The van der Waals surface area contributed by atoms with Gasteiger partial charge in [0.2, 0.25) is 5.56 Å². The second-order valence-electron chi connectivity index (χ2n) is 8.72. The minimum atomic E-state index is -0.513. The summed E-state index contributed by atoms with van der Waals surface area (Å²) in [6.45, 7) is 0.572. The van der Waals surface area contributed by atoms with Crippen LogP contribution in [0.2, 0.25) is 0 Å². The lowest BCUT2D eigenvalue weighted by atomic mass is 9.89. The van der Waals surface area contributed by atoms with Gasteiger partial charge >= 0.3 is 5.97 Å². The molecule has 1 fully saturated rings. The summed E-state index contributed by atoms with van der Waals surface area (Å²) in [6.07, 6.45) is 3.57. The van der Waals surface area contributed by atoms with E-state index in [9.17, 15) is 14.4 Å². The molecule has 0 aliphatic carbocycles. The van der Waals surface area contributed by atoms with Gasteiger partial charge in [-0.1, -0.05) is 24.3 Å². The Labute approximate surface area is 203 Å². The van der Waals surface area contributed by atoms with Crippen LogP contribution >= 0.6 is 0 Å². The first kappa shape index (κ1) is 23.9. The second-order valence-corrected chi connectivity index (χ2v) is 8.72. The maximum Gasteiger partial charge on any atom is 0.311 e. The topological polar surface area (TPSA) is 131 Å². The number of benzene rings is 2. The van der Waals surface area contributed by atoms with Gasteiger partial charge in [0, 0.05) is 30.4 Å². The van der Waals surface area contributed by atoms with Crippen LogP contribution in [0, 0.1) is 5.92 Å². The lowest BCUT2D eigenvalue weighted by molar-refractivity contribution is -0.147. The van der Waals surface area contributed by atoms with E-state index in [4.69, 9.17) is 15.9 Å². The lowest BCUT2D eigenvalue weighted by Crippen LogP contribution is -2.46. The van der Waals surface area contributed by atoms with Crippen LogP contribution in [0.5, 0.6) is 0 Å². The number of hydrogen-bond donors (Lipinski definition) is 3. The summed E-state index contributed by atoms with van der Waals surface area (Å²) < 4.78 is 5.12. The first-order chi connectivity index (χ1) is 16.9. The number of likely N-dealkylation sites (tertiary alicyclic amines) is 1. The highest BCUT2D eigenvalue weighted by Crippen LogP contribution is 2.30. The highest BCUT2D eigenvalue weighted by atomic mass is 16.5. The number of nitrogens with zero attached hydrogens (tertiary/aromatic N) is 1. The van der Waals surface area contributed by atoms with Crippen molar-refractivity contribution in [1.82, 2.24) is 9.88 Å². The molecule has 1 aliphatic rings. The Hall–Kier alpha value is -4.20. The number of hydrogen-bond acceptors (Lipinski definition) is 4. The largest absolute Gasteiger partial charge is 0.469 e. The molecule has 8 nitrogen and oxygen atoms in total. The zero-order valence-electron chi connectivity index (χ0n) is 19.6. The minimum absolute atomic E-state index is 0.122. The van der Waals surface area contributed by atoms with Crippen molar-refractivity contribution in [1.29, 1.82) is 0 Å². The molecular weight excluding hydrogens is 444 g/mol. The molecule has 35 heavy (non-hydrogen) atoms. The van der Waals surface area contributed by atoms with E-state index in [1.807, 2.05) is 36.4 Å². The number of amides is 1. The van der Waals surface area contributed by atoms with Crippen molar-refractivity contribution in [2.45, 2.75) is 25.3 Å². The first-order valence-corrected chi connectivity index (χ1v) is 11.5. The van der Waals surface area contributed by atoms with E-state index >= 15 is 0 Å². The summed E-state index contributed by atoms with van der Waals surface area (Å²) in [5, 5.41) is 5.74. The van der Waals surface area contributed by atoms with E-state index in [1.54, 1.807) is 29.3 Å². The molecular formula is C27H29N4O4+. The number of methoxy groups -OCH3 is 1. The molecule has 4 rings (SSSR count). The van der Waals surface area contributed by atoms with E-state index in [-0.39, 0.29) is 29.3 Å². The number of rotatable bonds is 7. The number of nitrogens with two attached hydrogens (primary N) is 2. The molecule has 2 unspecified atom stereocenters. The summed E-state index contributed by atoms with van der Waals surface area (Å²) >= 11 is 0. The lowest BCUT2D eigenvalue weighted by Gasteiger charge is -2.30. The fourth-order valence-electron chi connectivity index (χ4n) is 4.68. The molecule has 2 heterocycles. The van der Waals surface area contributed by atoms with Crippen LogP contribution in [-0.4, -0.2) is 47.3 Å². The first-order valence-electron chi connectivity index (χ1n) is 11.5. The fourth-order valence-corrected chi connectivity index (χ4v) is 4.68. The summed E-state index contributed by atoms with van der Waals surface area (Å²) in [6, 6.07) is 17.6. The smallest absolute Gasteiger partial charge is 0.311 e. The molecule has 0 bridgehead atoms. The van der Waals surface area contributed by atoms with Gasteiger partial charge in [-0.05, 0) is 66.3 Å². The molecule has 5 N–H and O–H groups in total. The molecule has 180 valence electrons. The van der Waals surface area contributed by atoms with Crippen LogP contribution in [-0.2, 0) is 16.0 Å². The Balaban J connectivity index is 1.56. The van der Waals surface area contributed by atoms with E-state index in [2.05, 4.69) is 4.98 Å². The van der Waals surface area contributed by atoms with Gasteiger partial charge in [0.15, 0.2) is 0 Å². The average molecular weight is 474 g/mol. The highest BCUT2D eigenvalue weighted by molar-refractivity contribution is 5.95. The van der Waals surface area contributed by atoms with Crippen LogP contribution in [0.25, 0.3) is 11.1 Å². The van der Waals surface area contributed by atoms with Crippen molar-refractivity contribution in [3.63, 3.8) is 0 Å².